The third-order valence-corrected chi connectivity index (χ3v) is 3.88. The molecule has 7 heteroatoms. The third-order valence-electron chi connectivity index (χ3n) is 3.55. The lowest BCUT2D eigenvalue weighted by Gasteiger charge is -2.31. The van der Waals surface area contributed by atoms with E-state index in [9.17, 15) is 0 Å². The lowest BCUT2D eigenvalue weighted by Crippen LogP contribution is -2.39. The van der Waals surface area contributed by atoms with E-state index in [-0.39, 0.29) is 0 Å². The smallest absolute Gasteiger partial charge is 0.143 e. The molecule has 3 rings (SSSR count). The van der Waals surface area contributed by atoms with Crippen molar-refractivity contribution in [3.63, 3.8) is 0 Å². The summed E-state index contributed by atoms with van der Waals surface area (Å²) in [6.45, 7) is 2.20. The first-order chi connectivity index (χ1) is 9.72. The molecule has 0 aliphatic carbocycles. The molecule has 1 atom stereocenters. The third kappa shape index (κ3) is 2.91. The van der Waals surface area contributed by atoms with E-state index < -0.39 is 0 Å². The fourth-order valence-electron chi connectivity index (χ4n) is 2.55. The zero-order valence-corrected chi connectivity index (χ0v) is 12.1. The molecule has 1 aliphatic rings. The van der Waals surface area contributed by atoms with Crippen LogP contribution in [0, 0.1) is 0 Å². The van der Waals surface area contributed by atoms with Gasteiger partial charge in [-0.15, -0.1) is 5.10 Å². The molecule has 1 aliphatic heterocycles. The number of nitrogens with one attached hydrogen (secondary N) is 1. The summed E-state index contributed by atoms with van der Waals surface area (Å²) < 4.78 is 1.62. The molecule has 2 aromatic rings. The van der Waals surface area contributed by atoms with Crippen LogP contribution in [-0.2, 0) is 0 Å². The standard InChI is InChI=1S/C13H17ClN6/c1-19-6-2-3-10(8-19)16-13-7-11(4-5-12(13)14)20-9-15-17-18-20/h4-5,7,9-10,16H,2-3,6,8H2,1H3. The number of piperidine rings is 1. The number of halogens is 1. The number of rotatable bonds is 3. The Balaban J connectivity index is 1.80. The highest BCUT2D eigenvalue weighted by atomic mass is 35.5. The Morgan fingerprint density at radius 3 is 3.05 bits per heavy atom. The fraction of sp³-hybridized carbons (Fsp3) is 0.462. The number of tetrazole rings is 1. The molecule has 1 saturated heterocycles. The molecular weight excluding hydrogens is 276 g/mol. The van der Waals surface area contributed by atoms with Crippen molar-refractivity contribution < 1.29 is 0 Å². The number of likely N-dealkylation sites (N-methyl/N-ethyl adjacent to an activating group) is 1. The highest BCUT2D eigenvalue weighted by Crippen LogP contribution is 2.26. The minimum atomic E-state index is 0.426. The lowest BCUT2D eigenvalue weighted by molar-refractivity contribution is 0.261. The Morgan fingerprint density at radius 1 is 1.40 bits per heavy atom. The first-order valence-corrected chi connectivity index (χ1v) is 7.08. The highest BCUT2D eigenvalue weighted by molar-refractivity contribution is 6.33. The van der Waals surface area contributed by atoms with Gasteiger partial charge in [0, 0.05) is 12.6 Å². The zero-order valence-electron chi connectivity index (χ0n) is 11.3. The Morgan fingerprint density at radius 2 is 2.30 bits per heavy atom. The van der Waals surface area contributed by atoms with E-state index in [1.165, 1.54) is 6.42 Å². The van der Waals surface area contributed by atoms with Crippen molar-refractivity contribution in [1.82, 2.24) is 25.1 Å². The summed E-state index contributed by atoms with van der Waals surface area (Å²) in [5, 5.41) is 15.4. The Bertz CT molecular complexity index is 570. The second kappa shape index (κ2) is 5.76. The molecule has 0 saturated carbocycles. The average molecular weight is 293 g/mol. The van der Waals surface area contributed by atoms with E-state index in [4.69, 9.17) is 11.6 Å². The summed E-state index contributed by atoms with van der Waals surface area (Å²) in [4.78, 5) is 2.33. The van der Waals surface area contributed by atoms with E-state index in [1.807, 2.05) is 18.2 Å². The molecular formula is C13H17ClN6. The van der Waals surface area contributed by atoms with Crippen LogP contribution in [0.5, 0.6) is 0 Å². The maximum absolute atomic E-state index is 6.28. The number of hydrogen-bond donors (Lipinski definition) is 1. The van der Waals surface area contributed by atoms with Gasteiger partial charge in [-0.1, -0.05) is 11.6 Å². The normalized spacial score (nSPS) is 20.0. The number of likely N-dealkylation sites (tertiary alicyclic amines) is 1. The minimum Gasteiger partial charge on any atom is -0.380 e. The van der Waals surface area contributed by atoms with Crippen LogP contribution in [0.15, 0.2) is 24.5 Å². The van der Waals surface area contributed by atoms with Gasteiger partial charge in [0.1, 0.15) is 6.33 Å². The predicted molar refractivity (Wildman–Crippen MR) is 78.3 cm³/mol. The van der Waals surface area contributed by atoms with Crippen LogP contribution in [0.25, 0.3) is 5.69 Å². The average Bonchev–Trinajstić information content (AvgIpc) is 2.95. The summed E-state index contributed by atoms with van der Waals surface area (Å²) in [6, 6.07) is 6.17. The van der Waals surface area contributed by atoms with Crippen molar-refractivity contribution in [3.05, 3.63) is 29.5 Å². The Kier molecular flexibility index (Phi) is 3.84. The Labute approximate surface area is 122 Å². The van der Waals surface area contributed by atoms with Crippen molar-refractivity contribution in [3.8, 4) is 5.69 Å². The van der Waals surface area contributed by atoms with Crippen LogP contribution >= 0.6 is 11.6 Å². The minimum absolute atomic E-state index is 0.426. The molecule has 2 heterocycles. The van der Waals surface area contributed by atoms with E-state index >= 15 is 0 Å². The molecule has 1 N–H and O–H groups in total. The molecule has 6 nitrogen and oxygen atoms in total. The highest BCUT2D eigenvalue weighted by Gasteiger charge is 2.18. The molecule has 20 heavy (non-hydrogen) atoms. The van der Waals surface area contributed by atoms with Gasteiger partial charge in [-0.25, -0.2) is 4.68 Å². The molecule has 106 valence electrons. The molecule has 1 unspecified atom stereocenters. The van der Waals surface area contributed by atoms with Gasteiger partial charge in [0.2, 0.25) is 0 Å². The van der Waals surface area contributed by atoms with Gasteiger partial charge in [0.05, 0.1) is 16.4 Å². The zero-order chi connectivity index (χ0) is 13.9. The topological polar surface area (TPSA) is 58.9 Å². The second-order valence-corrected chi connectivity index (χ2v) is 5.57. The first kappa shape index (κ1) is 13.3. The molecule has 0 amide bonds. The number of benzene rings is 1. The van der Waals surface area contributed by atoms with E-state index in [0.717, 1.165) is 35.9 Å². The Hall–Kier alpha value is -1.66. The van der Waals surface area contributed by atoms with Gasteiger partial charge in [-0.05, 0) is 55.1 Å². The predicted octanol–water partition coefficient (Wildman–Crippen LogP) is 1.82. The summed E-state index contributed by atoms with van der Waals surface area (Å²) in [7, 11) is 2.15. The van der Waals surface area contributed by atoms with Crippen molar-refractivity contribution in [1.29, 1.82) is 0 Å². The monoisotopic (exact) mass is 292 g/mol. The van der Waals surface area contributed by atoms with E-state index in [2.05, 4.69) is 32.8 Å². The van der Waals surface area contributed by atoms with Gasteiger partial charge in [-0.2, -0.15) is 0 Å². The first-order valence-electron chi connectivity index (χ1n) is 6.70. The summed E-state index contributed by atoms with van der Waals surface area (Å²) in [6.07, 6.45) is 3.94. The molecule has 1 aromatic heterocycles. The van der Waals surface area contributed by atoms with Crippen LogP contribution in [0.4, 0.5) is 5.69 Å². The number of anilines is 1. The SMILES string of the molecule is CN1CCCC(Nc2cc(-n3cnnn3)ccc2Cl)C1. The largest absolute Gasteiger partial charge is 0.380 e. The van der Waals surface area contributed by atoms with Crippen LogP contribution in [0.3, 0.4) is 0 Å². The summed E-state index contributed by atoms with van der Waals surface area (Å²) in [5.41, 5.74) is 1.83. The molecule has 0 bridgehead atoms. The quantitative estimate of drug-likeness (QED) is 0.935. The molecule has 1 fully saturated rings. The fourth-order valence-corrected chi connectivity index (χ4v) is 2.72. The maximum Gasteiger partial charge on any atom is 0.143 e. The summed E-state index contributed by atoms with van der Waals surface area (Å²) in [5.74, 6) is 0. The maximum atomic E-state index is 6.28. The van der Waals surface area contributed by atoms with Crippen LogP contribution in [-0.4, -0.2) is 51.3 Å². The van der Waals surface area contributed by atoms with Gasteiger partial charge in [-0.3, -0.25) is 0 Å². The molecule has 0 radical (unpaired) electrons. The van der Waals surface area contributed by atoms with E-state index in [0.29, 0.717) is 6.04 Å². The number of aromatic nitrogens is 4. The van der Waals surface area contributed by atoms with Crippen molar-refractivity contribution >= 4 is 17.3 Å². The van der Waals surface area contributed by atoms with Crippen LogP contribution < -0.4 is 5.32 Å². The van der Waals surface area contributed by atoms with E-state index in [1.54, 1.807) is 11.0 Å². The van der Waals surface area contributed by atoms with Crippen molar-refractivity contribution in [2.45, 2.75) is 18.9 Å². The number of hydrogen-bond acceptors (Lipinski definition) is 5. The second-order valence-electron chi connectivity index (χ2n) is 5.16. The summed E-state index contributed by atoms with van der Waals surface area (Å²) >= 11 is 6.28. The van der Waals surface area contributed by atoms with Crippen molar-refractivity contribution in [2.75, 3.05) is 25.5 Å². The van der Waals surface area contributed by atoms with Gasteiger partial charge in [0.25, 0.3) is 0 Å². The van der Waals surface area contributed by atoms with Crippen molar-refractivity contribution in [2.24, 2.45) is 0 Å². The van der Waals surface area contributed by atoms with Gasteiger partial charge in [0.15, 0.2) is 0 Å². The molecule has 0 spiro atoms. The van der Waals surface area contributed by atoms with Gasteiger partial charge < -0.3 is 10.2 Å². The van der Waals surface area contributed by atoms with Crippen LogP contribution in [0.2, 0.25) is 5.02 Å². The molecule has 1 aromatic carbocycles. The number of nitrogens with zero attached hydrogens (tertiary/aromatic N) is 5. The van der Waals surface area contributed by atoms with Gasteiger partial charge >= 0.3 is 0 Å². The lowest BCUT2D eigenvalue weighted by atomic mass is 10.1. The van der Waals surface area contributed by atoms with Crippen LogP contribution in [0.1, 0.15) is 12.8 Å².